The molecule has 1 aliphatic carbocycles. The van der Waals surface area contributed by atoms with Crippen LogP contribution in [0.15, 0.2) is 24.3 Å². The van der Waals surface area contributed by atoms with E-state index in [1.165, 1.54) is 29.2 Å². The van der Waals surface area contributed by atoms with E-state index in [9.17, 15) is 24.5 Å². The van der Waals surface area contributed by atoms with E-state index in [1.807, 2.05) is 0 Å². The number of ether oxygens (including phenoxy) is 2. The molecular formula is C26H40N4O7Si. The molecule has 0 spiro atoms. The van der Waals surface area contributed by atoms with Gasteiger partial charge in [-0.05, 0) is 63.1 Å². The zero-order valence-electron chi connectivity index (χ0n) is 23.2. The standard InChI is InChI=1S/C26H40N4O7Si/c1-25(2)22(31)28(18-36-15-16-38(4,5)6)24(33)29(25)17-26(3)13-11-19(12-14-26)27-23(32)37-21-9-7-20(8-10-21)30(34)35/h7-10,19H,11-18H2,1-6H3,(H,27,32). The summed E-state index contributed by atoms with van der Waals surface area (Å²) >= 11 is 0. The summed E-state index contributed by atoms with van der Waals surface area (Å²) < 4.78 is 11.0. The maximum absolute atomic E-state index is 13.2. The van der Waals surface area contributed by atoms with E-state index in [1.54, 1.807) is 18.7 Å². The summed E-state index contributed by atoms with van der Waals surface area (Å²) in [6.07, 6.45) is 2.31. The Bertz CT molecular complexity index is 1050. The number of carbonyl (C=O) groups excluding carboxylic acids is 3. The zero-order chi connectivity index (χ0) is 28.3. The summed E-state index contributed by atoms with van der Waals surface area (Å²) in [5.74, 6) is -0.0225. The monoisotopic (exact) mass is 548 g/mol. The Labute approximate surface area is 225 Å². The first-order valence-corrected chi connectivity index (χ1v) is 16.8. The quantitative estimate of drug-likeness (QED) is 0.143. The van der Waals surface area contributed by atoms with Crippen LogP contribution in [0.1, 0.15) is 46.5 Å². The molecule has 1 saturated carbocycles. The third-order valence-electron chi connectivity index (χ3n) is 7.43. The minimum Gasteiger partial charge on any atom is -0.410 e. The fourth-order valence-electron chi connectivity index (χ4n) is 4.77. The molecule has 4 amide bonds. The highest BCUT2D eigenvalue weighted by Gasteiger charge is 2.53. The molecule has 1 heterocycles. The number of hydrogen-bond acceptors (Lipinski definition) is 7. The van der Waals surface area contributed by atoms with Crippen LogP contribution in [0.5, 0.6) is 5.75 Å². The van der Waals surface area contributed by atoms with Crippen molar-refractivity contribution in [3.05, 3.63) is 34.4 Å². The number of carbonyl (C=O) groups is 3. The molecule has 1 aromatic carbocycles. The Morgan fingerprint density at radius 3 is 2.29 bits per heavy atom. The third kappa shape index (κ3) is 7.31. The van der Waals surface area contributed by atoms with Crippen molar-refractivity contribution in [2.75, 3.05) is 19.9 Å². The molecule has 1 aliphatic heterocycles. The molecule has 1 aromatic rings. The summed E-state index contributed by atoms with van der Waals surface area (Å²) in [6.45, 7) is 13.4. The molecule has 0 unspecified atom stereocenters. The molecule has 2 aliphatic rings. The fraction of sp³-hybridized carbons (Fsp3) is 0.654. The molecule has 12 heteroatoms. The van der Waals surface area contributed by atoms with Crippen LogP contribution in [0.3, 0.4) is 0 Å². The average Bonchev–Trinajstić information content (AvgIpc) is 2.97. The highest BCUT2D eigenvalue weighted by atomic mass is 28.3. The van der Waals surface area contributed by atoms with Crippen LogP contribution >= 0.6 is 0 Å². The molecule has 0 bridgehead atoms. The molecule has 210 valence electrons. The molecular weight excluding hydrogens is 508 g/mol. The predicted molar refractivity (Wildman–Crippen MR) is 145 cm³/mol. The van der Waals surface area contributed by atoms with E-state index in [0.29, 0.717) is 26.0 Å². The number of non-ortho nitro benzene ring substituents is 1. The van der Waals surface area contributed by atoms with Crippen molar-refractivity contribution >= 4 is 31.8 Å². The van der Waals surface area contributed by atoms with Gasteiger partial charge < -0.3 is 19.7 Å². The summed E-state index contributed by atoms with van der Waals surface area (Å²) in [5.41, 5.74) is -1.24. The molecule has 0 radical (unpaired) electrons. The second-order valence-electron chi connectivity index (χ2n) is 12.4. The molecule has 1 N–H and O–H groups in total. The second-order valence-corrected chi connectivity index (χ2v) is 18.0. The normalized spacial score (nSPS) is 23.5. The SMILES string of the molecule is CC1(CN2C(=O)N(COCC[Si](C)(C)C)C(=O)C2(C)C)CCC(NC(=O)Oc2ccc([N+](=O)[O-])cc2)CC1. The van der Waals surface area contributed by atoms with Crippen LogP contribution in [0.2, 0.25) is 25.7 Å². The summed E-state index contributed by atoms with van der Waals surface area (Å²) in [4.78, 5) is 51.7. The first-order valence-electron chi connectivity index (χ1n) is 13.1. The van der Waals surface area contributed by atoms with E-state index in [0.717, 1.165) is 18.9 Å². The number of benzene rings is 1. The van der Waals surface area contributed by atoms with Crippen LogP contribution < -0.4 is 10.1 Å². The molecule has 11 nitrogen and oxygen atoms in total. The lowest BCUT2D eigenvalue weighted by Crippen LogP contribution is -2.50. The van der Waals surface area contributed by atoms with Gasteiger partial charge in [0, 0.05) is 39.4 Å². The number of nitrogens with zero attached hydrogens (tertiary/aromatic N) is 3. The number of hydrogen-bond donors (Lipinski definition) is 1. The average molecular weight is 549 g/mol. The lowest BCUT2D eigenvalue weighted by atomic mass is 9.73. The number of rotatable bonds is 10. The van der Waals surface area contributed by atoms with Gasteiger partial charge in [0.2, 0.25) is 0 Å². The third-order valence-corrected chi connectivity index (χ3v) is 9.14. The van der Waals surface area contributed by atoms with Crippen molar-refractivity contribution in [3.63, 3.8) is 0 Å². The Morgan fingerprint density at radius 2 is 1.74 bits per heavy atom. The van der Waals surface area contributed by atoms with Gasteiger partial charge in [0.05, 0.1) is 4.92 Å². The largest absolute Gasteiger partial charge is 0.412 e. The van der Waals surface area contributed by atoms with Crippen LogP contribution in [0.4, 0.5) is 15.3 Å². The van der Waals surface area contributed by atoms with Crippen molar-refractivity contribution in [2.24, 2.45) is 5.41 Å². The minimum atomic E-state index is -1.27. The number of nitro groups is 1. The van der Waals surface area contributed by atoms with Crippen LogP contribution in [-0.2, 0) is 9.53 Å². The summed E-state index contributed by atoms with van der Waals surface area (Å²) in [5, 5.41) is 13.6. The van der Waals surface area contributed by atoms with Crippen LogP contribution in [0.25, 0.3) is 0 Å². The summed E-state index contributed by atoms with van der Waals surface area (Å²) in [6, 6.07) is 5.88. The molecule has 3 rings (SSSR count). The van der Waals surface area contributed by atoms with E-state index in [2.05, 4.69) is 31.9 Å². The van der Waals surface area contributed by atoms with Gasteiger partial charge in [0.15, 0.2) is 0 Å². The number of nitrogens with one attached hydrogen (secondary N) is 1. The van der Waals surface area contributed by atoms with E-state index >= 15 is 0 Å². The van der Waals surface area contributed by atoms with Crippen molar-refractivity contribution in [1.82, 2.24) is 15.1 Å². The highest BCUT2D eigenvalue weighted by Crippen LogP contribution is 2.40. The second kappa shape index (κ2) is 11.4. The zero-order valence-corrected chi connectivity index (χ0v) is 24.2. The fourth-order valence-corrected chi connectivity index (χ4v) is 5.53. The lowest BCUT2D eigenvalue weighted by molar-refractivity contribution is -0.384. The van der Waals surface area contributed by atoms with Crippen LogP contribution in [0, 0.1) is 15.5 Å². The van der Waals surface area contributed by atoms with Gasteiger partial charge in [-0.1, -0.05) is 26.6 Å². The van der Waals surface area contributed by atoms with Gasteiger partial charge >= 0.3 is 12.1 Å². The topological polar surface area (TPSA) is 131 Å². The maximum atomic E-state index is 13.2. The number of nitro benzene ring substituents is 1. The van der Waals surface area contributed by atoms with E-state index in [-0.39, 0.29) is 41.6 Å². The van der Waals surface area contributed by atoms with E-state index in [4.69, 9.17) is 9.47 Å². The van der Waals surface area contributed by atoms with Gasteiger partial charge in [-0.3, -0.25) is 14.9 Å². The van der Waals surface area contributed by atoms with E-state index < -0.39 is 24.6 Å². The molecule has 1 saturated heterocycles. The predicted octanol–water partition coefficient (Wildman–Crippen LogP) is 4.99. The van der Waals surface area contributed by atoms with Crippen molar-refractivity contribution in [1.29, 1.82) is 0 Å². The van der Waals surface area contributed by atoms with Gasteiger partial charge in [0.25, 0.3) is 11.6 Å². The molecule has 38 heavy (non-hydrogen) atoms. The highest BCUT2D eigenvalue weighted by molar-refractivity contribution is 6.76. The van der Waals surface area contributed by atoms with Gasteiger partial charge in [0.1, 0.15) is 18.0 Å². The van der Waals surface area contributed by atoms with Crippen molar-refractivity contribution in [2.45, 2.75) is 83.7 Å². The van der Waals surface area contributed by atoms with Crippen molar-refractivity contribution in [3.8, 4) is 5.75 Å². The molecule has 0 aromatic heterocycles. The number of urea groups is 1. The first kappa shape index (κ1) is 29.6. The molecule has 0 atom stereocenters. The Balaban J connectivity index is 1.50. The molecule has 2 fully saturated rings. The smallest absolute Gasteiger partial charge is 0.410 e. The Hall–Kier alpha value is -2.99. The number of imide groups is 1. The Morgan fingerprint density at radius 1 is 1.13 bits per heavy atom. The number of amides is 4. The lowest BCUT2D eigenvalue weighted by Gasteiger charge is -2.42. The summed E-state index contributed by atoms with van der Waals surface area (Å²) in [7, 11) is -1.27. The van der Waals surface area contributed by atoms with Gasteiger partial charge in [-0.2, -0.15) is 0 Å². The van der Waals surface area contributed by atoms with Gasteiger partial charge in [-0.25, -0.2) is 14.5 Å². The first-order chi connectivity index (χ1) is 17.6. The van der Waals surface area contributed by atoms with Crippen molar-refractivity contribution < 1.29 is 28.8 Å². The van der Waals surface area contributed by atoms with Crippen LogP contribution in [-0.4, -0.2) is 72.3 Å². The minimum absolute atomic E-state index is 0.0261. The maximum Gasteiger partial charge on any atom is 0.412 e. The van der Waals surface area contributed by atoms with Gasteiger partial charge in [-0.15, -0.1) is 0 Å². The Kier molecular flexibility index (Phi) is 8.87.